The van der Waals surface area contributed by atoms with E-state index in [1.54, 1.807) is 0 Å². The smallest absolute Gasteiger partial charge is 0.306 e. The van der Waals surface area contributed by atoms with E-state index in [-0.39, 0.29) is 24.9 Å². The Balaban J connectivity index is 4.72. The van der Waals surface area contributed by atoms with Gasteiger partial charge in [-0.25, -0.2) is 0 Å². The molecule has 0 spiro atoms. The van der Waals surface area contributed by atoms with Crippen LogP contribution in [0.1, 0.15) is 201 Å². The monoisotopic (exact) mass is 846 g/mol. The minimum absolute atomic E-state index is 0.0336. The molecule has 1 amide bonds. The highest BCUT2D eigenvalue weighted by molar-refractivity contribution is 5.77. The van der Waals surface area contributed by atoms with Gasteiger partial charge in [-0.15, -0.1) is 0 Å². The van der Waals surface area contributed by atoms with E-state index in [2.05, 4.69) is 80.8 Å². The number of amides is 1. The number of unbranched alkanes of at least 4 members (excludes halogenated alkanes) is 19. The van der Waals surface area contributed by atoms with E-state index in [0.29, 0.717) is 19.3 Å². The van der Waals surface area contributed by atoms with Crippen molar-refractivity contribution in [2.45, 2.75) is 219 Å². The van der Waals surface area contributed by atoms with Gasteiger partial charge in [0.25, 0.3) is 0 Å². The summed E-state index contributed by atoms with van der Waals surface area (Å²) in [7, 11) is 0. The number of aliphatic hydroxyl groups is 2. The van der Waals surface area contributed by atoms with Crippen molar-refractivity contribution in [1.29, 1.82) is 0 Å². The molecule has 0 fully saturated rings. The molecule has 3 N–H and O–H groups in total. The zero-order valence-corrected chi connectivity index (χ0v) is 39.2. The first-order chi connectivity index (χ1) is 30.0. The van der Waals surface area contributed by atoms with Gasteiger partial charge in [-0.05, 0) is 64.2 Å². The van der Waals surface area contributed by atoms with Crippen LogP contribution in [0.5, 0.6) is 0 Å². The molecule has 3 unspecified atom stereocenters. The van der Waals surface area contributed by atoms with E-state index < -0.39 is 18.2 Å². The predicted molar refractivity (Wildman–Crippen MR) is 263 cm³/mol. The summed E-state index contributed by atoms with van der Waals surface area (Å²) < 4.78 is 5.90. The second-order valence-corrected chi connectivity index (χ2v) is 16.3. The topological polar surface area (TPSA) is 95.9 Å². The number of carbonyl (C=O) groups excluding carboxylic acids is 2. The molecule has 6 heteroatoms. The Bertz CT molecular complexity index is 1270. The third-order valence-electron chi connectivity index (χ3n) is 10.5. The first kappa shape index (κ1) is 57.5. The molecule has 0 aliphatic carbocycles. The van der Waals surface area contributed by atoms with Crippen molar-refractivity contribution in [3.63, 3.8) is 0 Å². The molecular weight excluding hydrogens is 755 g/mol. The molecule has 346 valence electrons. The van der Waals surface area contributed by atoms with Crippen LogP contribution in [0.15, 0.2) is 109 Å². The Morgan fingerprint density at radius 1 is 0.492 bits per heavy atom. The second-order valence-electron chi connectivity index (χ2n) is 16.3. The van der Waals surface area contributed by atoms with Crippen LogP contribution in [0.25, 0.3) is 0 Å². The van der Waals surface area contributed by atoms with Gasteiger partial charge in [0.1, 0.15) is 6.10 Å². The molecule has 0 aromatic carbocycles. The van der Waals surface area contributed by atoms with Crippen molar-refractivity contribution >= 4 is 11.9 Å². The predicted octanol–water partition coefficient (Wildman–Crippen LogP) is 14.7. The molecule has 0 aromatic rings. The molecule has 6 nitrogen and oxygen atoms in total. The summed E-state index contributed by atoms with van der Waals surface area (Å²) in [6.45, 7) is 6.21. The van der Waals surface area contributed by atoms with E-state index in [9.17, 15) is 19.8 Å². The molecule has 0 aromatic heterocycles. The van der Waals surface area contributed by atoms with Crippen LogP contribution in [-0.2, 0) is 14.3 Å². The fourth-order valence-corrected chi connectivity index (χ4v) is 6.82. The van der Waals surface area contributed by atoms with E-state index in [4.69, 9.17) is 4.74 Å². The van der Waals surface area contributed by atoms with Gasteiger partial charge in [0.15, 0.2) is 0 Å². The van der Waals surface area contributed by atoms with Gasteiger partial charge in [0, 0.05) is 6.42 Å². The standard InChI is InChI=1S/C55H91NO5/c1-4-7-10-13-16-19-22-24-25-26-27-28-30-33-36-39-42-45-48-55(60)61-51(46-43-40-37-34-32-29-23-20-17-14-11-8-5-2)49-54(59)56-52(50-57)53(58)47-44-41-38-35-31-21-18-15-12-9-6-3/h8,10-11,13-14,16-17,19-20,22-29,32,51-53,57-58H,4-7,9,12,15,18,21,30-31,33-50H2,1-3H3,(H,56,59)/b11-8+,13-10+,17-14+,19-16+,23-20+,24-22+,26-25+,28-27+,32-29-. The first-order valence-corrected chi connectivity index (χ1v) is 24.7. The first-order valence-electron chi connectivity index (χ1n) is 24.7. The Kier molecular flexibility index (Phi) is 44.9. The van der Waals surface area contributed by atoms with Crippen LogP contribution in [0, 0.1) is 0 Å². The van der Waals surface area contributed by atoms with Gasteiger partial charge in [0.2, 0.25) is 5.91 Å². The minimum Gasteiger partial charge on any atom is -0.462 e. The Morgan fingerprint density at radius 2 is 0.918 bits per heavy atom. The van der Waals surface area contributed by atoms with Gasteiger partial charge >= 0.3 is 5.97 Å². The van der Waals surface area contributed by atoms with Crippen molar-refractivity contribution in [3.05, 3.63) is 109 Å². The van der Waals surface area contributed by atoms with Gasteiger partial charge in [-0.2, -0.15) is 0 Å². The number of allylic oxidation sites excluding steroid dienone is 18. The van der Waals surface area contributed by atoms with E-state index in [0.717, 1.165) is 96.3 Å². The summed E-state index contributed by atoms with van der Waals surface area (Å²) in [5.74, 6) is -0.554. The van der Waals surface area contributed by atoms with Crippen molar-refractivity contribution < 1.29 is 24.5 Å². The quantitative estimate of drug-likeness (QED) is 0.0323. The number of nitrogens with one attached hydrogen (secondary N) is 1. The average Bonchev–Trinajstić information content (AvgIpc) is 3.25. The number of aliphatic hydroxyl groups excluding tert-OH is 2. The van der Waals surface area contributed by atoms with Crippen LogP contribution in [0.2, 0.25) is 0 Å². The Labute approximate surface area is 375 Å². The van der Waals surface area contributed by atoms with E-state index >= 15 is 0 Å². The zero-order chi connectivity index (χ0) is 44.5. The van der Waals surface area contributed by atoms with Gasteiger partial charge in [0.05, 0.1) is 25.2 Å². The number of carbonyl (C=O) groups is 2. The van der Waals surface area contributed by atoms with Gasteiger partial charge in [-0.1, -0.05) is 233 Å². The summed E-state index contributed by atoms with van der Waals surface area (Å²) in [6.07, 6.45) is 64.2. The maximum atomic E-state index is 13.2. The molecule has 0 saturated carbocycles. The molecule has 0 rings (SSSR count). The van der Waals surface area contributed by atoms with Crippen LogP contribution in [0.4, 0.5) is 0 Å². The van der Waals surface area contributed by atoms with E-state index in [1.165, 1.54) is 57.8 Å². The lowest BCUT2D eigenvalue weighted by atomic mass is 10.0. The summed E-state index contributed by atoms with van der Waals surface area (Å²) in [6, 6.07) is -0.726. The molecule has 0 heterocycles. The summed E-state index contributed by atoms with van der Waals surface area (Å²) in [5.41, 5.74) is 0. The maximum absolute atomic E-state index is 13.2. The number of hydrogen-bond acceptors (Lipinski definition) is 5. The van der Waals surface area contributed by atoms with Crippen molar-refractivity contribution in [3.8, 4) is 0 Å². The van der Waals surface area contributed by atoms with Crippen molar-refractivity contribution in [2.24, 2.45) is 0 Å². The number of ether oxygens (including phenoxy) is 1. The molecule has 0 aliphatic rings. The molecule has 0 aliphatic heterocycles. The van der Waals surface area contributed by atoms with E-state index in [1.807, 2.05) is 54.7 Å². The van der Waals surface area contributed by atoms with Crippen LogP contribution >= 0.6 is 0 Å². The zero-order valence-electron chi connectivity index (χ0n) is 39.2. The maximum Gasteiger partial charge on any atom is 0.306 e. The third kappa shape index (κ3) is 43.0. The Hall–Kier alpha value is -3.48. The SMILES string of the molecule is CC/C=C/C=C/C=C/C=C\CCCCCC(CC(=O)NC(CO)C(O)CCCCCCCCCCCCC)OC(=O)CCCCCCC/C=C/C=C/C=C/C=C/C=C/CCC. The van der Waals surface area contributed by atoms with Crippen molar-refractivity contribution in [1.82, 2.24) is 5.32 Å². The lowest BCUT2D eigenvalue weighted by molar-refractivity contribution is -0.151. The highest BCUT2D eigenvalue weighted by Gasteiger charge is 2.24. The average molecular weight is 846 g/mol. The Morgan fingerprint density at radius 3 is 1.43 bits per heavy atom. The van der Waals surface area contributed by atoms with Crippen LogP contribution in [-0.4, -0.2) is 46.9 Å². The molecule has 61 heavy (non-hydrogen) atoms. The summed E-state index contributed by atoms with van der Waals surface area (Å²) >= 11 is 0. The van der Waals surface area contributed by atoms with Gasteiger partial charge in [-0.3, -0.25) is 9.59 Å². The van der Waals surface area contributed by atoms with Crippen molar-refractivity contribution in [2.75, 3.05) is 6.61 Å². The molecular formula is C55H91NO5. The lowest BCUT2D eigenvalue weighted by Gasteiger charge is -2.24. The normalized spacial score (nSPS) is 14.2. The summed E-state index contributed by atoms with van der Waals surface area (Å²) in [4.78, 5) is 26.1. The molecule has 0 bridgehead atoms. The number of rotatable bonds is 42. The molecule has 0 radical (unpaired) electrons. The lowest BCUT2D eigenvalue weighted by Crippen LogP contribution is -2.46. The highest BCUT2D eigenvalue weighted by atomic mass is 16.5. The molecule has 3 atom stereocenters. The summed E-state index contributed by atoms with van der Waals surface area (Å²) in [5, 5.41) is 23.7. The van der Waals surface area contributed by atoms with Gasteiger partial charge < -0.3 is 20.3 Å². The van der Waals surface area contributed by atoms with Crippen LogP contribution < -0.4 is 5.32 Å². The fraction of sp³-hybridized carbons (Fsp3) is 0.636. The third-order valence-corrected chi connectivity index (χ3v) is 10.5. The molecule has 0 saturated heterocycles. The largest absolute Gasteiger partial charge is 0.462 e. The highest BCUT2D eigenvalue weighted by Crippen LogP contribution is 2.17. The second kappa shape index (κ2) is 47.6. The number of hydrogen-bond donors (Lipinski definition) is 3. The fourth-order valence-electron chi connectivity index (χ4n) is 6.82. The number of esters is 1. The minimum atomic E-state index is -0.809. The van der Waals surface area contributed by atoms with Crippen LogP contribution in [0.3, 0.4) is 0 Å².